The number of guanidine groups is 1. The highest BCUT2D eigenvalue weighted by atomic mass is 32.2. The first-order chi connectivity index (χ1) is 25.7. The molecule has 3 aromatic heterocycles. The average molecular weight is 843 g/mol. The fourth-order valence-electron chi connectivity index (χ4n) is 4.65. The molecule has 4 rings (SSSR count). The van der Waals surface area contributed by atoms with E-state index in [4.69, 9.17) is 16.3 Å². The number of nitrogens with one attached hydrogen (secondary N) is 3. The summed E-state index contributed by atoms with van der Waals surface area (Å²) in [5.41, 5.74) is 11.7. The number of thioether (sulfide) groups is 2. The predicted molar refractivity (Wildman–Crippen MR) is 203 cm³/mol. The maximum atomic E-state index is 13.9. The molecule has 20 nitrogen and oxygen atoms in total. The first kappa shape index (κ1) is 42.3. The minimum absolute atomic E-state index is 0.0250. The van der Waals surface area contributed by atoms with Gasteiger partial charge in [0.15, 0.2) is 34.2 Å². The number of carboxylic acids is 1. The zero-order valence-corrected chi connectivity index (χ0v) is 32.8. The van der Waals surface area contributed by atoms with E-state index < -0.39 is 54.9 Å². The summed E-state index contributed by atoms with van der Waals surface area (Å²) < 4.78 is 17.9. The monoisotopic (exact) mass is 842 g/mol. The average Bonchev–Trinajstić information content (AvgIpc) is 3.78. The molecule has 290 valence electrons. The Morgan fingerprint density at radius 1 is 1.26 bits per heavy atom. The van der Waals surface area contributed by atoms with Crippen molar-refractivity contribution < 1.29 is 48.0 Å². The normalized spacial score (nSPS) is 15.8. The molecule has 1 amide bonds. The third-order valence-electron chi connectivity index (χ3n) is 7.14. The highest BCUT2D eigenvalue weighted by Crippen LogP contribution is 2.40. The minimum Gasteiger partial charge on any atom is -0.477 e. The Hall–Kier alpha value is -4.45. The van der Waals surface area contributed by atoms with Crippen molar-refractivity contribution >= 4 is 94.9 Å². The van der Waals surface area contributed by atoms with Gasteiger partial charge in [-0.05, 0) is 19.8 Å². The number of nitrogens with two attached hydrogens (primary N) is 2. The number of aliphatic imine (C=N–C) groups is 1. The fourth-order valence-corrected chi connectivity index (χ4v) is 9.26. The van der Waals surface area contributed by atoms with Crippen LogP contribution < -0.4 is 31.8 Å². The molecule has 3 aromatic rings. The van der Waals surface area contributed by atoms with Crippen LogP contribution >= 0.6 is 54.1 Å². The molecule has 25 heteroatoms. The Kier molecular flexibility index (Phi) is 15.5. The van der Waals surface area contributed by atoms with E-state index in [0.717, 1.165) is 23.0 Å². The number of carboxylic acid groups (broad SMARTS) is 1. The highest BCUT2D eigenvalue weighted by molar-refractivity contribution is 8.07. The largest absolute Gasteiger partial charge is 0.477 e. The number of aromatic nitrogens is 4. The molecular formula is C29H37N11O9PS4+. The van der Waals surface area contributed by atoms with E-state index in [-0.39, 0.29) is 47.9 Å². The number of aldehydes is 1. The Bertz CT molecular complexity index is 1960. The Balaban J connectivity index is 1.62. The van der Waals surface area contributed by atoms with E-state index in [1.54, 1.807) is 6.92 Å². The first-order valence-electron chi connectivity index (χ1n) is 15.8. The molecule has 0 bridgehead atoms. The van der Waals surface area contributed by atoms with Gasteiger partial charge in [-0.25, -0.2) is 18.9 Å². The van der Waals surface area contributed by atoms with Crippen LogP contribution in [0.25, 0.3) is 11.3 Å². The molecule has 3 atom stereocenters. The Morgan fingerprint density at radius 3 is 2.65 bits per heavy atom. The van der Waals surface area contributed by atoms with E-state index >= 15 is 0 Å². The molecule has 54 heavy (non-hydrogen) atoms. The second-order valence-corrected chi connectivity index (χ2v) is 16.6. The molecule has 0 aliphatic carbocycles. The van der Waals surface area contributed by atoms with Gasteiger partial charge in [-0.15, -0.1) is 23.1 Å². The summed E-state index contributed by atoms with van der Waals surface area (Å²) in [4.78, 5) is 88.9. The van der Waals surface area contributed by atoms with E-state index in [0.29, 0.717) is 33.5 Å². The summed E-state index contributed by atoms with van der Waals surface area (Å²) in [5, 5.41) is 22.0. The molecule has 4 heterocycles. The van der Waals surface area contributed by atoms with E-state index in [2.05, 4.69) is 35.1 Å². The minimum atomic E-state index is -4.76. The molecule has 0 radical (unpaired) electrons. The van der Waals surface area contributed by atoms with Gasteiger partial charge in [0.1, 0.15) is 25.6 Å². The van der Waals surface area contributed by atoms with E-state index in [1.807, 2.05) is 46.6 Å². The van der Waals surface area contributed by atoms with Crippen molar-refractivity contribution in [2.45, 2.75) is 41.9 Å². The van der Waals surface area contributed by atoms with Crippen molar-refractivity contribution in [1.29, 1.82) is 0 Å². The van der Waals surface area contributed by atoms with Crippen LogP contribution in [-0.2, 0) is 35.6 Å². The van der Waals surface area contributed by atoms with Crippen LogP contribution in [0.4, 0.5) is 5.13 Å². The number of rotatable bonds is 20. The van der Waals surface area contributed by atoms with Crippen molar-refractivity contribution in [1.82, 2.24) is 25.0 Å². The van der Waals surface area contributed by atoms with Crippen molar-refractivity contribution in [2.75, 3.05) is 24.0 Å². The Morgan fingerprint density at radius 2 is 2.00 bits per heavy atom. The number of anilines is 1. The number of thiazole rings is 1. The summed E-state index contributed by atoms with van der Waals surface area (Å²) in [6.07, 6.45) is 4.19. The van der Waals surface area contributed by atoms with Crippen LogP contribution in [0.1, 0.15) is 32.0 Å². The van der Waals surface area contributed by atoms with Crippen LogP contribution in [0.15, 0.2) is 55.0 Å². The molecular weight excluding hydrogens is 806 g/mol. The molecule has 0 spiro atoms. The van der Waals surface area contributed by atoms with Gasteiger partial charge in [-0.2, -0.15) is 9.36 Å². The zero-order chi connectivity index (χ0) is 39.4. The number of aryl methyl sites for hydroxylation is 1. The standard InChI is InChI=1S/C29H36N11O9PS4/c1-3-49-37-21(23-36-28(54-39-23)38-50(46,47)48)19(42)11-17(24(43)33-16(12-41)5-4-8-32-27(30)31)25-35-22(26(44)45)20(14-51-25)53-29-34-18(13-52-29)15-6-9-40(2)10-7-15/h6-7,9-10,12-13,16-17,25,35H,3-5,8,11,14H2,1-2H3,(H8-,30,31,32,33,36,38,39,43,44,45,46,47,48)/p+1/b37-21-/t16?,17-,25-/m1/s1. The first-order valence-corrected chi connectivity index (χ1v) is 21.0. The zero-order valence-electron chi connectivity index (χ0n) is 28.6. The number of hydrogen-bond donors (Lipinski definition) is 8. The van der Waals surface area contributed by atoms with Gasteiger partial charge in [0.2, 0.25) is 16.9 Å². The lowest BCUT2D eigenvalue weighted by Gasteiger charge is -2.32. The lowest BCUT2D eigenvalue weighted by atomic mass is 9.97. The van der Waals surface area contributed by atoms with Crippen molar-refractivity contribution in [3.8, 4) is 11.3 Å². The van der Waals surface area contributed by atoms with Gasteiger partial charge in [0.25, 0.3) is 0 Å². The van der Waals surface area contributed by atoms with Crippen LogP contribution in [0.5, 0.6) is 0 Å². The lowest BCUT2D eigenvalue weighted by molar-refractivity contribution is -0.671. The van der Waals surface area contributed by atoms with Crippen molar-refractivity contribution in [3.05, 3.63) is 46.3 Å². The summed E-state index contributed by atoms with van der Waals surface area (Å²) in [7, 11) is -2.87. The second kappa shape index (κ2) is 19.8. The number of pyridine rings is 1. The second-order valence-electron chi connectivity index (χ2n) is 11.2. The molecule has 1 aliphatic heterocycles. The SMILES string of the molecule is CCO/N=C(/C(=O)C[C@H](C(=O)NC(C=O)CCCN=C(N)N)[C@@H]1NC(C(=O)O)=C(Sc2nc(-c3cc[n+](C)cc3)cs2)CS1)c1nsc(NP(=O)(O)O)n1. The van der Waals surface area contributed by atoms with E-state index in [9.17, 15) is 38.6 Å². The maximum absolute atomic E-state index is 13.9. The smallest absolute Gasteiger partial charge is 0.429 e. The third-order valence-corrected chi connectivity index (χ3v) is 11.9. The Labute approximate surface area is 324 Å². The number of nitrogens with zero attached hydrogens (tertiary/aromatic N) is 6. The predicted octanol–water partition coefficient (Wildman–Crippen LogP) is 0.795. The number of ketones is 1. The van der Waals surface area contributed by atoms with Gasteiger partial charge in [-0.3, -0.25) is 19.7 Å². The highest BCUT2D eigenvalue weighted by Gasteiger charge is 2.38. The summed E-state index contributed by atoms with van der Waals surface area (Å²) in [6, 6.07) is 2.82. The number of aliphatic carboxylic acids is 1. The lowest BCUT2D eigenvalue weighted by Crippen LogP contribution is -2.49. The molecule has 1 unspecified atom stereocenters. The number of amides is 1. The molecule has 0 aromatic carbocycles. The summed E-state index contributed by atoms with van der Waals surface area (Å²) >= 11 is 4.22. The molecule has 0 fully saturated rings. The van der Waals surface area contributed by atoms with E-state index in [1.165, 1.54) is 23.1 Å². The summed E-state index contributed by atoms with van der Waals surface area (Å²) in [5.74, 6) is -4.51. The molecule has 1 aliphatic rings. The fraction of sp³-hybridized carbons (Fsp3) is 0.379. The number of hydrogen-bond acceptors (Lipinski definition) is 16. The van der Waals surface area contributed by atoms with Gasteiger partial charge in [0.05, 0.1) is 23.0 Å². The summed E-state index contributed by atoms with van der Waals surface area (Å²) in [6.45, 7) is 1.81. The van der Waals surface area contributed by atoms with Gasteiger partial charge in [-0.1, -0.05) is 16.9 Å². The van der Waals surface area contributed by atoms with Crippen LogP contribution in [0, 0.1) is 5.92 Å². The van der Waals surface area contributed by atoms with Gasteiger partial charge >= 0.3 is 13.7 Å². The van der Waals surface area contributed by atoms with Crippen LogP contribution in [-0.4, -0.2) is 95.2 Å². The number of oxime groups is 1. The number of carbonyl (C=O) groups excluding carboxylic acids is 3. The maximum Gasteiger partial charge on any atom is 0.429 e. The molecule has 10 N–H and O–H groups in total. The van der Waals surface area contributed by atoms with Crippen molar-refractivity contribution in [3.63, 3.8) is 0 Å². The van der Waals surface area contributed by atoms with Crippen LogP contribution in [0.2, 0.25) is 0 Å². The third kappa shape index (κ3) is 12.6. The molecule has 0 saturated carbocycles. The topological polar surface area (TPSA) is 311 Å². The van der Waals surface area contributed by atoms with Crippen LogP contribution in [0.3, 0.4) is 0 Å². The quantitative estimate of drug-likeness (QED) is 0.0148. The molecule has 0 saturated heterocycles. The number of Topliss-reactive ketones (excluding diaryl/α,β-unsaturated/α-hetero) is 1. The number of carbonyl (C=O) groups is 4. The van der Waals surface area contributed by atoms with Gasteiger partial charge < -0.3 is 46.6 Å². The van der Waals surface area contributed by atoms with Gasteiger partial charge in [0, 0.05) is 58.2 Å². The van der Waals surface area contributed by atoms with Crippen molar-refractivity contribution in [2.24, 2.45) is 34.6 Å².